The Bertz CT molecular complexity index is 736. The van der Waals surface area contributed by atoms with E-state index in [1.54, 1.807) is 18.2 Å². The molecule has 0 radical (unpaired) electrons. The van der Waals surface area contributed by atoms with Gasteiger partial charge >= 0.3 is 13.2 Å². The number of alkyl carbamates (subject to hydrolysis) is 1. The van der Waals surface area contributed by atoms with Crippen LogP contribution >= 0.6 is 11.6 Å². The minimum Gasteiger partial charge on any atom is -0.444 e. The maximum Gasteiger partial charge on any atom is 0.492 e. The van der Waals surface area contributed by atoms with Crippen molar-refractivity contribution in [2.45, 2.75) is 65.3 Å². The van der Waals surface area contributed by atoms with E-state index in [1.807, 2.05) is 54.5 Å². The van der Waals surface area contributed by atoms with E-state index < -0.39 is 30.0 Å². The molecule has 0 saturated carbocycles. The second kappa shape index (κ2) is 7.97. The normalized spacial score (nSPS) is 18.9. The van der Waals surface area contributed by atoms with Gasteiger partial charge in [0.15, 0.2) is 0 Å². The number of amides is 1. The molecule has 0 unspecified atom stereocenters. The lowest BCUT2D eigenvalue weighted by atomic mass is 9.77. The van der Waals surface area contributed by atoms with Gasteiger partial charge < -0.3 is 25.1 Å². The van der Waals surface area contributed by atoms with Gasteiger partial charge in [-0.05, 0) is 77.7 Å². The summed E-state index contributed by atoms with van der Waals surface area (Å²) in [6.45, 7) is 13.5. The Morgan fingerprint density at radius 3 is 2.29 bits per heavy atom. The van der Waals surface area contributed by atoms with Gasteiger partial charge in [0.2, 0.25) is 0 Å². The Morgan fingerprint density at radius 2 is 1.79 bits per heavy atom. The van der Waals surface area contributed by atoms with Gasteiger partial charge in [-0.15, -0.1) is 0 Å². The summed E-state index contributed by atoms with van der Waals surface area (Å²) in [7, 11) is -0.625. The quantitative estimate of drug-likeness (QED) is 0.567. The number of rotatable bonds is 4. The maximum atomic E-state index is 12.1. The van der Waals surface area contributed by atoms with Crippen molar-refractivity contribution in [1.29, 1.82) is 0 Å². The molecular formula is C20H30BClN2O4. The molecule has 1 saturated heterocycles. The Labute approximate surface area is 172 Å². The summed E-state index contributed by atoms with van der Waals surface area (Å²) in [5.41, 5.74) is 6.38. The Hall–Kier alpha value is -1.70. The van der Waals surface area contributed by atoms with Crippen molar-refractivity contribution in [2.24, 2.45) is 0 Å². The molecule has 1 aromatic carbocycles. The maximum absolute atomic E-state index is 12.1. The lowest BCUT2D eigenvalue weighted by molar-refractivity contribution is 0.00578. The fraction of sp³-hybridized carbons (Fsp3) is 0.550. The lowest BCUT2D eigenvalue weighted by Crippen LogP contribution is -2.41. The molecule has 0 atom stereocenters. The number of carbonyl (C=O) groups is 1. The molecule has 1 aliphatic rings. The molecule has 1 aliphatic heterocycles. The second-order valence-electron chi connectivity index (χ2n) is 8.98. The third-order valence-electron chi connectivity index (χ3n) is 4.69. The fourth-order valence-corrected chi connectivity index (χ4v) is 2.87. The highest BCUT2D eigenvalue weighted by molar-refractivity contribution is 6.56. The average Bonchev–Trinajstić information content (AvgIpc) is 2.68. The highest BCUT2D eigenvalue weighted by Gasteiger charge is 2.52. The van der Waals surface area contributed by atoms with E-state index in [2.05, 4.69) is 5.32 Å². The van der Waals surface area contributed by atoms with E-state index in [0.717, 1.165) is 11.0 Å². The summed E-state index contributed by atoms with van der Waals surface area (Å²) in [4.78, 5) is 12.1. The summed E-state index contributed by atoms with van der Waals surface area (Å²) in [5.74, 6) is 0. The first-order valence-electron chi connectivity index (χ1n) is 9.27. The first-order valence-corrected chi connectivity index (χ1v) is 9.65. The molecule has 28 heavy (non-hydrogen) atoms. The Balaban J connectivity index is 2.28. The number of nitrogens with two attached hydrogens (primary N) is 1. The van der Waals surface area contributed by atoms with E-state index >= 15 is 0 Å². The van der Waals surface area contributed by atoms with Crippen LogP contribution in [0.2, 0.25) is 5.02 Å². The van der Waals surface area contributed by atoms with Crippen LogP contribution in [0, 0.1) is 0 Å². The molecule has 0 bridgehead atoms. The van der Waals surface area contributed by atoms with Crippen molar-refractivity contribution in [2.75, 3.05) is 12.3 Å². The molecule has 3 N–H and O–H groups in total. The highest BCUT2D eigenvalue weighted by atomic mass is 35.5. The van der Waals surface area contributed by atoms with E-state index in [9.17, 15) is 4.79 Å². The zero-order chi connectivity index (χ0) is 21.3. The predicted molar refractivity (Wildman–Crippen MR) is 114 cm³/mol. The molecule has 1 aromatic rings. The lowest BCUT2D eigenvalue weighted by Gasteiger charge is -2.32. The van der Waals surface area contributed by atoms with Crippen molar-refractivity contribution in [3.8, 4) is 0 Å². The molecule has 8 heteroatoms. The number of ether oxygens (including phenoxy) is 1. The SMILES string of the molecule is CC(C)(C)OC(=O)NCC(=Cc1cc(N)cc(Cl)c1)B1OC(C)(C)C(C)(C)O1. The smallest absolute Gasteiger partial charge is 0.444 e. The number of hydrogen-bond donors (Lipinski definition) is 2. The molecule has 6 nitrogen and oxygen atoms in total. The zero-order valence-electron chi connectivity index (χ0n) is 17.7. The van der Waals surface area contributed by atoms with Gasteiger partial charge in [0.25, 0.3) is 0 Å². The van der Waals surface area contributed by atoms with Crippen LogP contribution in [0.5, 0.6) is 0 Å². The summed E-state index contributed by atoms with van der Waals surface area (Å²) in [5, 5.41) is 3.29. The van der Waals surface area contributed by atoms with Gasteiger partial charge in [0.1, 0.15) is 5.60 Å². The number of anilines is 1. The summed E-state index contributed by atoms with van der Waals surface area (Å²) < 4.78 is 17.6. The average molecular weight is 409 g/mol. The summed E-state index contributed by atoms with van der Waals surface area (Å²) in [6.07, 6.45) is 1.35. The van der Waals surface area contributed by atoms with Gasteiger partial charge in [0, 0.05) is 17.3 Å². The molecule has 1 amide bonds. The first kappa shape index (κ1) is 22.6. The highest BCUT2D eigenvalue weighted by Crippen LogP contribution is 2.38. The molecular weight excluding hydrogens is 378 g/mol. The molecule has 1 fully saturated rings. The van der Waals surface area contributed by atoms with Crippen LogP contribution in [-0.4, -0.2) is 36.6 Å². The summed E-state index contributed by atoms with van der Waals surface area (Å²) in [6, 6.07) is 5.26. The third kappa shape index (κ3) is 5.90. The predicted octanol–water partition coefficient (Wildman–Crippen LogP) is 4.46. The number of halogens is 1. The van der Waals surface area contributed by atoms with Gasteiger partial charge in [-0.2, -0.15) is 0 Å². The number of nitrogens with one attached hydrogen (secondary N) is 1. The number of hydrogen-bond acceptors (Lipinski definition) is 5. The molecule has 0 aromatic heterocycles. The monoisotopic (exact) mass is 408 g/mol. The molecule has 0 spiro atoms. The second-order valence-corrected chi connectivity index (χ2v) is 9.42. The van der Waals surface area contributed by atoms with E-state index in [0.29, 0.717) is 10.7 Å². The topological polar surface area (TPSA) is 82.8 Å². The van der Waals surface area contributed by atoms with Crippen LogP contribution in [0.4, 0.5) is 10.5 Å². The van der Waals surface area contributed by atoms with Gasteiger partial charge in [-0.25, -0.2) is 4.79 Å². The van der Waals surface area contributed by atoms with Crippen molar-refractivity contribution in [3.05, 3.63) is 34.3 Å². The largest absolute Gasteiger partial charge is 0.492 e. The standard InChI is InChI=1S/C20H30BClN2O4/c1-18(2,3)26-17(25)24-12-14(8-13-9-15(22)11-16(23)10-13)21-27-19(4,5)20(6,7)28-21/h8-11H,12,23H2,1-7H3,(H,24,25). The number of carbonyl (C=O) groups excluding carboxylic acids is 1. The van der Waals surface area contributed by atoms with Crippen LogP contribution in [0.25, 0.3) is 6.08 Å². The van der Waals surface area contributed by atoms with Gasteiger partial charge in [-0.3, -0.25) is 0 Å². The van der Waals surface area contributed by atoms with Crippen molar-refractivity contribution in [3.63, 3.8) is 0 Å². The molecule has 0 aliphatic carbocycles. The first-order chi connectivity index (χ1) is 12.7. The molecule has 2 rings (SSSR count). The Kier molecular flexibility index (Phi) is 6.43. The number of benzene rings is 1. The van der Waals surface area contributed by atoms with Crippen LogP contribution in [0.3, 0.4) is 0 Å². The van der Waals surface area contributed by atoms with Crippen LogP contribution < -0.4 is 11.1 Å². The van der Waals surface area contributed by atoms with Crippen LogP contribution in [0.15, 0.2) is 23.7 Å². The minimum absolute atomic E-state index is 0.193. The number of nitrogen functional groups attached to an aromatic ring is 1. The van der Waals surface area contributed by atoms with E-state index in [4.69, 9.17) is 31.4 Å². The van der Waals surface area contributed by atoms with E-state index in [-0.39, 0.29) is 6.54 Å². The fourth-order valence-electron chi connectivity index (χ4n) is 2.62. The zero-order valence-corrected chi connectivity index (χ0v) is 18.4. The Morgan fingerprint density at radius 1 is 1.21 bits per heavy atom. The van der Waals surface area contributed by atoms with Crippen molar-refractivity contribution in [1.82, 2.24) is 5.32 Å². The minimum atomic E-state index is -0.625. The van der Waals surface area contributed by atoms with Gasteiger partial charge in [0.05, 0.1) is 11.2 Å². The molecule has 1 heterocycles. The summed E-state index contributed by atoms with van der Waals surface area (Å²) >= 11 is 6.12. The van der Waals surface area contributed by atoms with Crippen molar-refractivity contribution >= 4 is 36.6 Å². The van der Waals surface area contributed by atoms with E-state index in [1.165, 1.54) is 0 Å². The van der Waals surface area contributed by atoms with Gasteiger partial charge in [-0.1, -0.05) is 17.7 Å². The van der Waals surface area contributed by atoms with Crippen LogP contribution in [-0.2, 0) is 14.0 Å². The molecule has 154 valence electrons. The third-order valence-corrected chi connectivity index (χ3v) is 4.90. The van der Waals surface area contributed by atoms with Crippen molar-refractivity contribution < 1.29 is 18.8 Å². The van der Waals surface area contributed by atoms with Crippen LogP contribution in [0.1, 0.15) is 54.0 Å².